The summed E-state index contributed by atoms with van der Waals surface area (Å²) >= 11 is 12.4. The van der Waals surface area contributed by atoms with Crippen molar-refractivity contribution >= 4 is 23.2 Å². The lowest BCUT2D eigenvalue weighted by Gasteiger charge is -2.30. The number of hydrogen-bond donors (Lipinski definition) is 0. The minimum Gasteiger partial charge on any atom is -0.381 e. The van der Waals surface area contributed by atoms with Crippen molar-refractivity contribution in [2.24, 2.45) is 0 Å². The molecule has 0 aromatic heterocycles. The highest BCUT2D eigenvalue weighted by Crippen LogP contribution is 2.31. The lowest BCUT2D eigenvalue weighted by atomic mass is 9.81. The Labute approximate surface area is 127 Å². The molecular formula is C16H24Cl2O. The van der Waals surface area contributed by atoms with Crippen LogP contribution in [0.2, 0.25) is 0 Å². The maximum absolute atomic E-state index is 6.20. The van der Waals surface area contributed by atoms with Crippen LogP contribution in [0.5, 0.6) is 0 Å². The molecule has 108 valence electrons. The van der Waals surface area contributed by atoms with Gasteiger partial charge in [-0.2, -0.15) is 0 Å². The zero-order valence-corrected chi connectivity index (χ0v) is 13.4. The van der Waals surface area contributed by atoms with Crippen LogP contribution in [0.15, 0.2) is 24.3 Å². The van der Waals surface area contributed by atoms with Crippen LogP contribution < -0.4 is 0 Å². The molecule has 0 heterocycles. The molecule has 19 heavy (non-hydrogen) atoms. The van der Waals surface area contributed by atoms with Crippen molar-refractivity contribution in [3.05, 3.63) is 35.4 Å². The van der Waals surface area contributed by atoms with Gasteiger partial charge in [-0.25, -0.2) is 0 Å². The van der Waals surface area contributed by atoms with E-state index in [1.54, 1.807) is 0 Å². The zero-order chi connectivity index (χ0) is 14.1. The molecule has 0 aliphatic heterocycles. The maximum Gasteiger partial charge on any atom is 0.0475 e. The van der Waals surface area contributed by atoms with Gasteiger partial charge < -0.3 is 4.74 Å². The van der Waals surface area contributed by atoms with Crippen molar-refractivity contribution in [2.45, 2.75) is 38.5 Å². The Morgan fingerprint density at radius 2 is 1.68 bits per heavy atom. The minimum atomic E-state index is -0.178. The first-order chi connectivity index (χ1) is 9.18. The first kappa shape index (κ1) is 16.8. The zero-order valence-electron chi connectivity index (χ0n) is 11.9. The van der Waals surface area contributed by atoms with E-state index in [0.29, 0.717) is 18.4 Å². The quantitative estimate of drug-likeness (QED) is 0.465. The van der Waals surface area contributed by atoms with Crippen molar-refractivity contribution in [1.29, 1.82) is 0 Å². The van der Waals surface area contributed by atoms with Gasteiger partial charge in [0.25, 0.3) is 0 Å². The Morgan fingerprint density at radius 1 is 1.05 bits per heavy atom. The van der Waals surface area contributed by atoms with Gasteiger partial charge in [0, 0.05) is 30.4 Å². The summed E-state index contributed by atoms with van der Waals surface area (Å²) < 4.78 is 5.66. The highest BCUT2D eigenvalue weighted by Gasteiger charge is 2.30. The molecule has 0 unspecified atom stereocenters. The van der Waals surface area contributed by atoms with E-state index in [1.807, 2.05) is 0 Å². The van der Waals surface area contributed by atoms with Crippen LogP contribution in [0.3, 0.4) is 0 Å². The highest BCUT2D eigenvalue weighted by atomic mass is 35.5. The Kier molecular flexibility index (Phi) is 7.82. The fourth-order valence-electron chi connectivity index (χ4n) is 1.99. The van der Waals surface area contributed by atoms with Crippen molar-refractivity contribution < 1.29 is 4.74 Å². The van der Waals surface area contributed by atoms with E-state index in [4.69, 9.17) is 27.9 Å². The molecule has 0 amide bonds. The summed E-state index contributed by atoms with van der Waals surface area (Å²) in [5.41, 5.74) is 2.28. The Balaban J connectivity index is 2.65. The average Bonchev–Trinajstić information content (AvgIpc) is 2.45. The molecule has 3 heteroatoms. The second kappa shape index (κ2) is 8.84. The van der Waals surface area contributed by atoms with Gasteiger partial charge >= 0.3 is 0 Å². The molecule has 0 bridgehead atoms. The topological polar surface area (TPSA) is 9.23 Å². The molecule has 0 aliphatic rings. The van der Waals surface area contributed by atoms with E-state index in [0.717, 1.165) is 25.9 Å². The van der Waals surface area contributed by atoms with Crippen molar-refractivity contribution in [2.75, 3.05) is 25.0 Å². The number of unbranched alkanes of at least 4 members (excludes halogenated alkanes) is 1. The predicted octanol–water partition coefficient (Wildman–Crippen LogP) is 4.92. The lowest BCUT2D eigenvalue weighted by Crippen LogP contribution is -2.32. The Bertz CT molecular complexity index is 344. The Hall–Kier alpha value is -0.240. The summed E-state index contributed by atoms with van der Waals surface area (Å²) in [6.45, 7) is 5.79. The molecule has 0 radical (unpaired) electrons. The molecule has 0 spiro atoms. The molecule has 0 N–H and O–H groups in total. The van der Waals surface area contributed by atoms with E-state index >= 15 is 0 Å². The van der Waals surface area contributed by atoms with Gasteiger partial charge in [0.05, 0.1) is 0 Å². The lowest BCUT2D eigenvalue weighted by molar-refractivity contribution is 0.116. The highest BCUT2D eigenvalue weighted by molar-refractivity contribution is 6.22. The predicted molar refractivity (Wildman–Crippen MR) is 84.6 cm³/mol. The summed E-state index contributed by atoms with van der Waals surface area (Å²) in [5, 5.41) is 0. The number of alkyl halides is 2. The largest absolute Gasteiger partial charge is 0.381 e. The number of ether oxygens (including phenoxy) is 1. The standard InChI is InChI=1S/C16H24Cl2O/c1-3-4-10-19-11-9-16(12-17,13-18)15-7-5-14(2)6-8-15/h5-8H,3-4,9-13H2,1-2H3. The normalized spacial score (nSPS) is 11.8. The fourth-order valence-corrected chi connectivity index (χ4v) is 2.85. The number of aryl methyl sites for hydroxylation is 1. The maximum atomic E-state index is 6.20. The number of halogens is 2. The fraction of sp³-hybridized carbons (Fsp3) is 0.625. The van der Waals surface area contributed by atoms with Crippen LogP contribution in [-0.4, -0.2) is 25.0 Å². The smallest absolute Gasteiger partial charge is 0.0475 e. The minimum absolute atomic E-state index is 0.178. The third-order valence-corrected chi connectivity index (χ3v) is 4.57. The van der Waals surface area contributed by atoms with E-state index in [9.17, 15) is 0 Å². The van der Waals surface area contributed by atoms with Crippen molar-refractivity contribution in [3.63, 3.8) is 0 Å². The van der Waals surface area contributed by atoms with E-state index < -0.39 is 0 Å². The first-order valence-corrected chi connectivity index (χ1v) is 8.02. The van der Waals surface area contributed by atoms with Crippen LogP contribution in [0, 0.1) is 6.92 Å². The third kappa shape index (κ3) is 4.98. The molecule has 0 saturated carbocycles. The van der Waals surface area contributed by atoms with Crippen LogP contribution in [0.4, 0.5) is 0 Å². The molecule has 1 nitrogen and oxygen atoms in total. The molecule has 1 aromatic rings. The molecule has 1 rings (SSSR count). The van der Waals surface area contributed by atoms with E-state index in [1.165, 1.54) is 11.1 Å². The molecule has 0 aliphatic carbocycles. The van der Waals surface area contributed by atoms with Crippen LogP contribution >= 0.6 is 23.2 Å². The second-order valence-electron chi connectivity index (χ2n) is 5.13. The molecule has 1 aromatic carbocycles. The SMILES string of the molecule is CCCCOCCC(CCl)(CCl)c1ccc(C)cc1. The summed E-state index contributed by atoms with van der Waals surface area (Å²) in [5.74, 6) is 1.05. The molecular weight excluding hydrogens is 279 g/mol. The third-order valence-electron chi connectivity index (χ3n) is 3.54. The van der Waals surface area contributed by atoms with E-state index in [2.05, 4.69) is 38.1 Å². The number of hydrogen-bond acceptors (Lipinski definition) is 1. The van der Waals surface area contributed by atoms with Crippen molar-refractivity contribution in [3.8, 4) is 0 Å². The number of benzene rings is 1. The van der Waals surface area contributed by atoms with E-state index in [-0.39, 0.29) is 5.41 Å². The van der Waals surface area contributed by atoms with Gasteiger partial charge in [-0.1, -0.05) is 43.2 Å². The number of rotatable bonds is 9. The van der Waals surface area contributed by atoms with Gasteiger partial charge in [0.15, 0.2) is 0 Å². The first-order valence-electron chi connectivity index (χ1n) is 6.95. The van der Waals surface area contributed by atoms with Gasteiger partial charge in [0.2, 0.25) is 0 Å². The van der Waals surface area contributed by atoms with Crippen molar-refractivity contribution in [1.82, 2.24) is 0 Å². The second-order valence-corrected chi connectivity index (χ2v) is 5.66. The van der Waals surface area contributed by atoms with Gasteiger partial charge in [-0.05, 0) is 25.3 Å². The van der Waals surface area contributed by atoms with Crippen LogP contribution in [0.1, 0.15) is 37.3 Å². The van der Waals surface area contributed by atoms with Gasteiger partial charge in [0.1, 0.15) is 0 Å². The Morgan fingerprint density at radius 3 is 2.21 bits per heavy atom. The molecule has 0 atom stereocenters. The van der Waals surface area contributed by atoms with Gasteiger partial charge in [-0.3, -0.25) is 0 Å². The van der Waals surface area contributed by atoms with Crippen LogP contribution in [0.25, 0.3) is 0 Å². The average molecular weight is 303 g/mol. The summed E-state index contributed by atoms with van der Waals surface area (Å²) in [6, 6.07) is 8.49. The summed E-state index contributed by atoms with van der Waals surface area (Å²) in [6.07, 6.45) is 3.14. The van der Waals surface area contributed by atoms with Crippen LogP contribution in [-0.2, 0) is 10.2 Å². The van der Waals surface area contributed by atoms with Gasteiger partial charge in [-0.15, -0.1) is 23.2 Å². The molecule has 0 saturated heterocycles. The summed E-state index contributed by atoms with van der Waals surface area (Å²) in [7, 11) is 0. The monoisotopic (exact) mass is 302 g/mol. The summed E-state index contributed by atoms with van der Waals surface area (Å²) in [4.78, 5) is 0. The molecule has 0 fully saturated rings.